The lowest BCUT2D eigenvalue weighted by molar-refractivity contribution is -0.0454. The fourth-order valence-corrected chi connectivity index (χ4v) is 3.56. The molecule has 126 valence electrons. The Balaban J connectivity index is 1.41. The van der Waals surface area contributed by atoms with E-state index in [0.29, 0.717) is 24.9 Å². The molecule has 4 rings (SSSR count). The van der Waals surface area contributed by atoms with Gasteiger partial charge in [0, 0.05) is 31.6 Å². The van der Waals surface area contributed by atoms with Crippen LogP contribution in [0.1, 0.15) is 29.8 Å². The maximum absolute atomic E-state index is 12.6. The summed E-state index contributed by atoms with van der Waals surface area (Å²) in [6.07, 6.45) is 7.63. The van der Waals surface area contributed by atoms with E-state index in [2.05, 4.69) is 15.0 Å². The van der Waals surface area contributed by atoms with E-state index in [4.69, 9.17) is 9.47 Å². The molecular weight excluding hydrogens is 308 g/mol. The molecule has 0 unspecified atom stereocenters. The zero-order valence-corrected chi connectivity index (χ0v) is 13.4. The monoisotopic (exact) mass is 328 g/mol. The van der Waals surface area contributed by atoms with E-state index in [1.807, 2.05) is 11.0 Å². The van der Waals surface area contributed by atoms with Crippen LogP contribution in [0.5, 0.6) is 6.01 Å². The summed E-state index contributed by atoms with van der Waals surface area (Å²) < 4.78 is 11.9. The average Bonchev–Trinajstić information content (AvgIpc) is 3.26. The topological polar surface area (TPSA) is 80.3 Å². The van der Waals surface area contributed by atoms with E-state index in [9.17, 15) is 4.79 Å². The lowest BCUT2D eigenvalue weighted by Gasteiger charge is -2.39. The Bertz CT molecular complexity index is 691. The van der Waals surface area contributed by atoms with Crippen molar-refractivity contribution in [1.82, 2.24) is 19.9 Å². The Morgan fingerprint density at radius 3 is 3.04 bits per heavy atom. The lowest BCUT2D eigenvalue weighted by Crippen LogP contribution is -2.50. The maximum atomic E-state index is 12.6. The molecule has 0 bridgehead atoms. The van der Waals surface area contributed by atoms with Gasteiger partial charge in [-0.15, -0.1) is 0 Å². The van der Waals surface area contributed by atoms with Gasteiger partial charge in [-0.25, -0.2) is 9.97 Å². The predicted octanol–water partition coefficient (Wildman–Crippen LogP) is 1.65. The van der Waals surface area contributed by atoms with Crippen molar-refractivity contribution in [2.24, 2.45) is 0 Å². The Morgan fingerprint density at radius 2 is 2.25 bits per heavy atom. The molecule has 7 nitrogen and oxygen atoms in total. The normalized spacial score (nSPS) is 26.7. The number of carbonyl (C=O) groups is 1. The van der Waals surface area contributed by atoms with Gasteiger partial charge in [0.2, 0.25) is 0 Å². The standard InChI is InChI=1S/C17H20N4O3/c22-15(14-4-1-6-18-14)21-9-2-5-17(12-21)10-13(11-23-17)24-16-19-7-3-8-20-16/h1,3-4,6-8,13,18H,2,5,9-12H2/t13-,17-/m1/s1. The van der Waals surface area contributed by atoms with Gasteiger partial charge >= 0.3 is 6.01 Å². The van der Waals surface area contributed by atoms with Gasteiger partial charge in [0.1, 0.15) is 11.8 Å². The van der Waals surface area contributed by atoms with Crippen molar-refractivity contribution in [1.29, 1.82) is 0 Å². The first-order valence-electron chi connectivity index (χ1n) is 8.24. The van der Waals surface area contributed by atoms with Gasteiger partial charge in [0.15, 0.2) is 0 Å². The molecule has 2 aromatic rings. The zero-order chi connectivity index (χ0) is 16.4. The van der Waals surface area contributed by atoms with Gasteiger partial charge in [0.25, 0.3) is 5.91 Å². The Kier molecular flexibility index (Phi) is 3.93. The lowest BCUT2D eigenvalue weighted by atomic mass is 9.89. The van der Waals surface area contributed by atoms with E-state index in [0.717, 1.165) is 25.8 Å². The zero-order valence-electron chi connectivity index (χ0n) is 13.4. The number of likely N-dealkylation sites (tertiary alicyclic amines) is 1. The second kappa shape index (κ2) is 6.24. The minimum absolute atomic E-state index is 0.0263. The van der Waals surface area contributed by atoms with Crippen molar-refractivity contribution in [2.45, 2.75) is 31.0 Å². The molecule has 0 aromatic carbocycles. The van der Waals surface area contributed by atoms with Crippen LogP contribution >= 0.6 is 0 Å². The van der Waals surface area contributed by atoms with Crippen LogP contribution in [0.4, 0.5) is 0 Å². The van der Waals surface area contributed by atoms with E-state index in [1.165, 1.54) is 0 Å². The molecule has 1 spiro atoms. The van der Waals surface area contributed by atoms with Crippen molar-refractivity contribution in [2.75, 3.05) is 19.7 Å². The number of aromatic amines is 1. The van der Waals surface area contributed by atoms with E-state index < -0.39 is 0 Å². The largest absolute Gasteiger partial charge is 0.458 e. The van der Waals surface area contributed by atoms with Crippen LogP contribution in [-0.2, 0) is 4.74 Å². The molecule has 7 heteroatoms. The molecule has 1 N–H and O–H groups in total. The number of piperidine rings is 1. The minimum Gasteiger partial charge on any atom is -0.458 e. The number of hydrogen-bond donors (Lipinski definition) is 1. The van der Waals surface area contributed by atoms with Gasteiger partial charge in [-0.1, -0.05) is 0 Å². The highest BCUT2D eigenvalue weighted by molar-refractivity contribution is 5.92. The first-order valence-corrected chi connectivity index (χ1v) is 8.24. The maximum Gasteiger partial charge on any atom is 0.316 e. The molecule has 0 aliphatic carbocycles. The second-order valence-electron chi connectivity index (χ2n) is 6.38. The first-order chi connectivity index (χ1) is 11.7. The SMILES string of the molecule is O=C(c1ccc[nH]1)N1CCC[C@@]2(C[C@@H](Oc3ncccn3)CO2)C1. The number of rotatable bonds is 3. The van der Waals surface area contributed by atoms with Gasteiger partial charge in [0.05, 0.1) is 18.8 Å². The number of ether oxygens (including phenoxy) is 2. The van der Waals surface area contributed by atoms with Crippen LogP contribution in [0.15, 0.2) is 36.8 Å². The van der Waals surface area contributed by atoms with E-state index in [-0.39, 0.29) is 17.6 Å². The fraction of sp³-hybridized carbons (Fsp3) is 0.471. The molecular formula is C17H20N4O3. The van der Waals surface area contributed by atoms with Gasteiger partial charge in [-0.05, 0) is 31.0 Å². The summed E-state index contributed by atoms with van der Waals surface area (Å²) in [5.41, 5.74) is 0.301. The van der Waals surface area contributed by atoms with Crippen molar-refractivity contribution in [3.63, 3.8) is 0 Å². The molecule has 24 heavy (non-hydrogen) atoms. The Morgan fingerprint density at radius 1 is 1.38 bits per heavy atom. The summed E-state index contributed by atoms with van der Waals surface area (Å²) >= 11 is 0. The van der Waals surface area contributed by atoms with Crippen molar-refractivity contribution in [3.8, 4) is 6.01 Å². The minimum atomic E-state index is -0.319. The van der Waals surface area contributed by atoms with Gasteiger partial charge in [-0.3, -0.25) is 4.79 Å². The highest BCUT2D eigenvalue weighted by Crippen LogP contribution is 2.36. The molecule has 1 amide bonds. The average molecular weight is 328 g/mol. The van der Waals surface area contributed by atoms with Crippen molar-refractivity contribution >= 4 is 5.91 Å². The van der Waals surface area contributed by atoms with Crippen LogP contribution in [0.2, 0.25) is 0 Å². The molecule has 2 aromatic heterocycles. The number of hydrogen-bond acceptors (Lipinski definition) is 5. The van der Waals surface area contributed by atoms with E-state index in [1.54, 1.807) is 30.7 Å². The summed E-state index contributed by atoms with van der Waals surface area (Å²) in [6.45, 7) is 1.86. The predicted molar refractivity (Wildman–Crippen MR) is 85.7 cm³/mol. The molecule has 2 atom stereocenters. The van der Waals surface area contributed by atoms with Crippen LogP contribution in [0, 0.1) is 0 Å². The number of carbonyl (C=O) groups excluding carboxylic acids is 1. The van der Waals surface area contributed by atoms with Crippen LogP contribution in [0.3, 0.4) is 0 Å². The number of nitrogens with zero attached hydrogens (tertiary/aromatic N) is 3. The smallest absolute Gasteiger partial charge is 0.316 e. The van der Waals surface area contributed by atoms with Crippen molar-refractivity contribution < 1.29 is 14.3 Å². The second-order valence-corrected chi connectivity index (χ2v) is 6.38. The van der Waals surface area contributed by atoms with Crippen LogP contribution < -0.4 is 4.74 Å². The molecule has 2 aliphatic heterocycles. The molecule has 2 aliphatic rings. The third-order valence-corrected chi connectivity index (χ3v) is 4.64. The number of aromatic nitrogens is 3. The molecule has 4 heterocycles. The van der Waals surface area contributed by atoms with Crippen LogP contribution in [0.25, 0.3) is 0 Å². The number of H-pyrrole nitrogens is 1. The molecule has 0 saturated carbocycles. The summed E-state index contributed by atoms with van der Waals surface area (Å²) in [4.78, 5) is 25.6. The number of amides is 1. The third kappa shape index (κ3) is 2.99. The Labute approximate surface area is 140 Å². The highest BCUT2D eigenvalue weighted by Gasteiger charge is 2.45. The van der Waals surface area contributed by atoms with Crippen LogP contribution in [-0.4, -0.2) is 57.2 Å². The van der Waals surface area contributed by atoms with E-state index >= 15 is 0 Å². The van der Waals surface area contributed by atoms with Gasteiger partial charge < -0.3 is 19.4 Å². The fourth-order valence-electron chi connectivity index (χ4n) is 3.56. The highest BCUT2D eigenvalue weighted by atomic mass is 16.6. The summed E-state index contributed by atoms with van der Waals surface area (Å²) in [5.74, 6) is 0.0263. The molecule has 2 fully saturated rings. The quantitative estimate of drug-likeness (QED) is 0.926. The first kappa shape index (κ1) is 15.1. The third-order valence-electron chi connectivity index (χ3n) is 4.64. The van der Waals surface area contributed by atoms with Gasteiger partial charge in [-0.2, -0.15) is 0 Å². The summed E-state index contributed by atoms with van der Waals surface area (Å²) in [5, 5.41) is 0. The summed E-state index contributed by atoms with van der Waals surface area (Å²) in [6, 6.07) is 5.77. The Hall–Kier alpha value is -2.41. The summed E-state index contributed by atoms with van der Waals surface area (Å²) in [7, 11) is 0. The molecule has 2 saturated heterocycles. The molecule has 0 radical (unpaired) electrons. The van der Waals surface area contributed by atoms with Crippen molar-refractivity contribution in [3.05, 3.63) is 42.5 Å². The number of nitrogens with one attached hydrogen (secondary N) is 1.